The maximum Gasteiger partial charge on any atom is 0.134 e. The molecule has 0 aliphatic rings. The summed E-state index contributed by atoms with van der Waals surface area (Å²) >= 11 is 0. The van der Waals surface area contributed by atoms with Gasteiger partial charge in [-0.2, -0.15) is 0 Å². The Morgan fingerprint density at radius 3 is 3.00 bits per heavy atom. The second-order valence-electron chi connectivity index (χ2n) is 4.46. The van der Waals surface area contributed by atoms with Crippen LogP contribution in [0.15, 0.2) is 53.1 Å². The number of aromatic nitrogens is 1. The lowest BCUT2D eigenvalue weighted by atomic mass is 10.1. The fourth-order valence-electron chi connectivity index (χ4n) is 2.11. The monoisotopic (exact) mass is 252 g/mol. The molecule has 0 radical (unpaired) electrons. The van der Waals surface area contributed by atoms with Gasteiger partial charge in [0.2, 0.25) is 0 Å². The van der Waals surface area contributed by atoms with Gasteiger partial charge in [0.25, 0.3) is 0 Å². The van der Waals surface area contributed by atoms with Crippen LogP contribution in [-0.4, -0.2) is 11.5 Å². The van der Waals surface area contributed by atoms with E-state index in [-0.39, 0.29) is 0 Å². The average molecular weight is 252 g/mol. The molecule has 2 aromatic heterocycles. The number of rotatable bonds is 4. The highest BCUT2D eigenvalue weighted by atomic mass is 16.3. The topological polar surface area (TPSA) is 38.1 Å². The predicted octanol–water partition coefficient (Wildman–Crippen LogP) is 3.60. The van der Waals surface area contributed by atoms with E-state index >= 15 is 0 Å². The maximum absolute atomic E-state index is 5.84. The number of hydrogen-bond donors (Lipinski definition) is 1. The van der Waals surface area contributed by atoms with Crippen molar-refractivity contribution in [2.45, 2.75) is 13.5 Å². The molecule has 19 heavy (non-hydrogen) atoms. The molecule has 0 saturated carbocycles. The molecule has 3 heteroatoms. The molecule has 0 aliphatic heterocycles. The van der Waals surface area contributed by atoms with Gasteiger partial charge in [-0.1, -0.05) is 13.0 Å². The Morgan fingerprint density at radius 1 is 1.16 bits per heavy atom. The van der Waals surface area contributed by atoms with Gasteiger partial charge in [0, 0.05) is 17.1 Å². The van der Waals surface area contributed by atoms with E-state index in [1.54, 1.807) is 0 Å². The van der Waals surface area contributed by atoms with Crippen LogP contribution in [0.1, 0.15) is 12.7 Å². The smallest absolute Gasteiger partial charge is 0.134 e. The first-order chi connectivity index (χ1) is 9.36. The van der Waals surface area contributed by atoms with Gasteiger partial charge < -0.3 is 9.73 Å². The van der Waals surface area contributed by atoms with E-state index in [9.17, 15) is 0 Å². The molecular weight excluding hydrogens is 236 g/mol. The number of furan rings is 1. The SMILES string of the molecule is CCNCc1ccc(-c2ccc3ncccc3c2)o1. The summed E-state index contributed by atoms with van der Waals surface area (Å²) in [6.45, 7) is 3.80. The normalized spacial score (nSPS) is 11.0. The van der Waals surface area contributed by atoms with Crippen LogP contribution in [0.25, 0.3) is 22.2 Å². The second kappa shape index (κ2) is 5.24. The summed E-state index contributed by atoms with van der Waals surface area (Å²) in [7, 11) is 0. The summed E-state index contributed by atoms with van der Waals surface area (Å²) in [4.78, 5) is 4.32. The highest BCUT2D eigenvalue weighted by molar-refractivity contribution is 5.83. The van der Waals surface area contributed by atoms with Crippen molar-refractivity contribution in [3.05, 3.63) is 54.4 Å². The average Bonchev–Trinajstić information content (AvgIpc) is 2.93. The summed E-state index contributed by atoms with van der Waals surface area (Å²) in [5, 5.41) is 4.38. The van der Waals surface area contributed by atoms with Crippen LogP contribution in [0.2, 0.25) is 0 Å². The molecule has 2 heterocycles. The summed E-state index contributed by atoms with van der Waals surface area (Å²) in [5.41, 5.74) is 2.09. The fourth-order valence-corrected chi connectivity index (χ4v) is 2.11. The third-order valence-electron chi connectivity index (χ3n) is 3.10. The van der Waals surface area contributed by atoms with Gasteiger partial charge in [-0.15, -0.1) is 0 Å². The lowest BCUT2D eigenvalue weighted by Crippen LogP contribution is -2.10. The molecule has 0 unspecified atom stereocenters. The van der Waals surface area contributed by atoms with Gasteiger partial charge in [-0.05, 0) is 42.9 Å². The minimum atomic E-state index is 0.769. The maximum atomic E-state index is 5.84. The highest BCUT2D eigenvalue weighted by Crippen LogP contribution is 2.25. The first kappa shape index (κ1) is 11.9. The molecule has 3 rings (SSSR count). The van der Waals surface area contributed by atoms with Gasteiger partial charge in [-0.3, -0.25) is 4.98 Å². The molecule has 3 nitrogen and oxygen atoms in total. The molecule has 0 spiro atoms. The van der Waals surface area contributed by atoms with Crippen molar-refractivity contribution >= 4 is 10.9 Å². The zero-order valence-electron chi connectivity index (χ0n) is 10.9. The van der Waals surface area contributed by atoms with Gasteiger partial charge >= 0.3 is 0 Å². The molecule has 1 N–H and O–H groups in total. The molecular formula is C16H16N2O. The summed E-state index contributed by atoms with van der Waals surface area (Å²) in [6, 6.07) is 14.2. The Morgan fingerprint density at radius 2 is 2.11 bits per heavy atom. The van der Waals surface area contributed by atoms with Crippen LogP contribution in [0.5, 0.6) is 0 Å². The molecule has 0 fully saturated rings. The van der Waals surface area contributed by atoms with Crippen molar-refractivity contribution in [1.82, 2.24) is 10.3 Å². The standard InChI is InChI=1S/C16H16N2O/c1-2-17-11-14-6-8-16(19-14)13-5-7-15-12(10-13)4-3-9-18-15/h3-10,17H,2,11H2,1H3. The van der Waals surface area contributed by atoms with Gasteiger partial charge in [0.05, 0.1) is 12.1 Å². The second-order valence-corrected chi connectivity index (χ2v) is 4.46. The number of pyridine rings is 1. The van der Waals surface area contributed by atoms with E-state index in [1.807, 2.05) is 36.5 Å². The van der Waals surface area contributed by atoms with E-state index in [0.717, 1.165) is 41.1 Å². The molecule has 0 aliphatic carbocycles. The van der Waals surface area contributed by atoms with Gasteiger partial charge in [0.15, 0.2) is 0 Å². The van der Waals surface area contributed by atoms with Crippen LogP contribution >= 0.6 is 0 Å². The Labute approximate surface area is 112 Å². The zero-order valence-corrected chi connectivity index (χ0v) is 10.9. The number of benzene rings is 1. The Bertz CT molecular complexity index is 688. The first-order valence-electron chi connectivity index (χ1n) is 6.51. The van der Waals surface area contributed by atoms with E-state index in [2.05, 4.69) is 29.4 Å². The molecule has 0 amide bonds. The van der Waals surface area contributed by atoms with Crippen LogP contribution in [0, 0.1) is 0 Å². The molecule has 96 valence electrons. The van der Waals surface area contributed by atoms with E-state index in [1.165, 1.54) is 0 Å². The Kier molecular flexibility index (Phi) is 3.29. The Balaban J connectivity index is 1.92. The quantitative estimate of drug-likeness (QED) is 0.771. The number of fused-ring (bicyclic) bond motifs is 1. The van der Waals surface area contributed by atoms with Gasteiger partial charge in [-0.25, -0.2) is 0 Å². The lowest BCUT2D eigenvalue weighted by molar-refractivity contribution is 0.498. The van der Waals surface area contributed by atoms with Crippen molar-refractivity contribution < 1.29 is 4.42 Å². The lowest BCUT2D eigenvalue weighted by Gasteiger charge is -2.01. The molecule has 1 aromatic carbocycles. The minimum Gasteiger partial charge on any atom is -0.460 e. The van der Waals surface area contributed by atoms with Crippen molar-refractivity contribution in [2.75, 3.05) is 6.54 Å². The third kappa shape index (κ3) is 2.51. The van der Waals surface area contributed by atoms with Crippen LogP contribution in [0.3, 0.4) is 0 Å². The van der Waals surface area contributed by atoms with Crippen LogP contribution in [0.4, 0.5) is 0 Å². The van der Waals surface area contributed by atoms with Crippen molar-refractivity contribution in [2.24, 2.45) is 0 Å². The first-order valence-corrected chi connectivity index (χ1v) is 6.51. The summed E-state index contributed by atoms with van der Waals surface area (Å²) in [6.07, 6.45) is 1.81. The van der Waals surface area contributed by atoms with E-state index in [0.29, 0.717) is 0 Å². The van der Waals surface area contributed by atoms with E-state index < -0.39 is 0 Å². The highest BCUT2D eigenvalue weighted by Gasteiger charge is 2.05. The van der Waals surface area contributed by atoms with Gasteiger partial charge in [0.1, 0.15) is 11.5 Å². The number of hydrogen-bond acceptors (Lipinski definition) is 3. The summed E-state index contributed by atoms with van der Waals surface area (Å²) in [5.74, 6) is 1.86. The predicted molar refractivity (Wildman–Crippen MR) is 76.8 cm³/mol. The largest absolute Gasteiger partial charge is 0.460 e. The third-order valence-corrected chi connectivity index (χ3v) is 3.10. The van der Waals surface area contributed by atoms with Crippen LogP contribution in [-0.2, 0) is 6.54 Å². The van der Waals surface area contributed by atoms with Crippen molar-refractivity contribution in [3.63, 3.8) is 0 Å². The molecule has 0 saturated heterocycles. The number of nitrogens with one attached hydrogen (secondary N) is 1. The molecule has 0 atom stereocenters. The van der Waals surface area contributed by atoms with Crippen molar-refractivity contribution in [3.8, 4) is 11.3 Å². The Hall–Kier alpha value is -2.13. The van der Waals surface area contributed by atoms with Crippen LogP contribution < -0.4 is 5.32 Å². The zero-order chi connectivity index (χ0) is 13.1. The van der Waals surface area contributed by atoms with E-state index in [4.69, 9.17) is 4.42 Å². The van der Waals surface area contributed by atoms with Crippen molar-refractivity contribution in [1.29, 1.82) is 0 Å². The summed E-state index contributed by atoms with van der Waals surface area (Å²) < 4.78 is 5.84. The molecule has 0 bridgehead atoms. The fraction of sp³-hybridized carbons (Fsp3) is 0.188. The number of nitrogens with zero attached hydrogens (tertiary/aromatic N) is 1. The molecule has 3 aromatic rings. The minimum absolute atomic E-state index is 0.769.